The number of aliphatic hydroxyl groups is 1. The number of hydrogen-bond donors (Lipinski definition) is 1. The van der Waals surface area contributed by atoms with Crippen molar-refractivity contribution in [2.45, 2.75) is 161 Å². The molecule has 7 heteroatoms. The Morgan fingerprint density at radius 2 is 1.44 bits per heavy atom. The van der Waals surface area contributed by atoms with E-state index in [-0.39, 0.29) is 29.6 Å². The summed E-state index contributed by atoms with van der Waals surface area (Å²) in [5.41, 5.74) is -2.38. The van der Waals surface area contributed by atoms with E-state index in [0.29, 0.717) is 31.1 Å². The predicted octanol–water partition coefficient (Wildman–Crippen LogP) is 6.42. The summed E-state index contributed by atoms with van der Waals surface area (Å²) >= 11 is 0. The van der Waals surface area contributed by atoms with Crippen molar-refractivity contribution >= 4 is 17.9 Å². The SMILES string of the molecule is CCC(C)(C)C(=O)OC1(C2CCC(=O)O2)CCCCC1.CCC(C)(C)C(=O)OC12CC3CC(CC(O)(C3)C1)C2. The second-order valence-corrected chi connectivity index (χ2v) is 14.8. The maximum atomic E-state index is 12.4. The minimum Gasteiger partial charge on any atom is -0.459 e. The van der Waals surface area contributed by atoms with Crippen LogP contribution in [0.3, 0.4) is 0 Å². The highest BCUT2D eigenvalue weighted by Crippen LogP contribution is 2.59. The Morgan fingerprint density at radius 3 is 1.90 bits per heavy atom. The molecule has 1 aliphatic heterocycles. The zero-order chi connectivity index (χ0) is 28.7. The number of hydrogen-bond acceptors (Lipinski definition) is 7. The van der Waals surface area contributed by atoms with Crippen molar-refractivity contribution in [3.8, 4) is 0 Å². The Hall–Kier alpha value is -1.63. The van der Waals surface area contributed by atoms with Gasteiger partial charge in [0.25, 0.3) is 0 Å². The Kier molecular flexibility index (Phi) is 8.54. The molecular formula is C32H52O7. The van der Waals surface area contributed by atoms with Gasteiger partial charge in [0, 0.05) is 12.8 Å². The Morgan fingerprint density at radius 1 is 0.897 bits per heavy atom. The molecule has 5 saturated carbocycles. The lowest BCUT2D eigenvalue weighted by Crippen LogP contribution is -2.61. The average molecular weight is 549 g/mol. The molecular weight excluding hydrogens is 496 g/mol. The standard InChI is InChI=1S/C16H26O4.C16H26O3/c1-4-15(2,3)14(18)20-16(10-6-5-7-11-16)12-8-9-13(17)19-12;1-4-14(2,3)13(17)19-16-8-11-5-12(9-16)7-15(18,6-11)10-16/h12H,4-11H2,1-3H3;11-12,18H,4-10H2,1-3H3. The molecule has 7 nitrogen and oxygen atoms in total. The van der Waals surface area contributed by atoms with E-state index in [1.807, 2.05) is 41.5 Å². The van der Waals surface area contributed by atoms with Gasteiger partial charge in [-0.05, 0) is 117 Å². The van der Waals surface area contributed by atoms with Gasteiger partial charge in [-0.2, -0.15) is 0 Å². The van der Waals surface area contributed by atoms with E-state index in [4.69, 9.17) is 14.2 Å². The normalized spacial score (nSPS) is 35.1. The highest BCUT2D eigenvalue weighted by atomic mass is 16.6. The summed E-state index contributed by atoms with van der Waals surface area (Å²) in [6, 6.07) is 0. The van der Waals surface area contributed by atoms with Crippen LogP contribution in [-0.2, 0) is 28.6 Å². The Bertz CT molecular complexity index is 915. The van der Waals surface area contributed by atoms with E-state index in [1.165, 1.54) is 6.42 Å². The quantitative estimate of drug-likeness (QED) is 0.289. The third-order valence-corrected chi connectivity index (χ3v) is 10.6. The van der Waals surface area contributed by atoms with Gasteiger partial charge in [-0.25, -0.2) is 0 Å². The fraction of sp³-hybridized carbons (Fsp3) is 0.906. The largest absolute Gasteiger partial charge is 0.459 e. The molecule has 3 atom stereocenters. The van der Waals surface area contributed by atoms with Crippen molar-refractivity contribution in [1.29, 1.82) is 0 Å². The molecule has 6 fully saturated rings. The van der Waals surface area contributed by atoms with Crippen LogP contribution >= 0.6 is 0 Å². The molecule has 0 radical (unpaired) electrons. The third-order valence-electron chi connectivity index (χ3n) is 10.6. The molecule has 0 aromatic carbocycles. The van der Waals surface area contributed by atoms with Crippen molar-refractivity contribution in [2.75, 3.05) is 0 Å². The molecule has 1 N–H and O–H groups in total. The first-order valence-corrected chi connectivity index (χ1v) is 15.5. The van der Waals surface area contributed by atoms with Crippen LogP contribution < -0.4 is 0 Å². The number of ether oxygens (including phenoxy) is 3. The van der Waals surface area contributed by atoms with Gasteiger partial charge in [0.1, 0.15) is 17.3 Å². The molecule has 1 saturated heterocycles. The van der Waals surface area contributed by atoms with Crippen LogP contribution in [0.1, 0.15) is 138 Å². The molecule has 5 aliphatic carbocycles. The summed E-state index contributed by atoms with van der Waals surface area (Å²) in [6.45, 7) is 11.7. The number of carbonyl (C=O) groups excluding carboxylic acids is 3. The van der Waals surface area contributed by atoms with Gasteiger partial charge in [-0.15, -0.1) is 0 Å². The molecule has 1 heterocycles. The second-order valence-electron chi connectivity index (χ2n) is 14.8. The zero-order valence-electron chi connectivity index (χ0n) is 25.2. The molecule has 6 rings (SSSR count). The summed E-state index contributed by atoms with van der Waals surface area (Å²) in [5, 5.41) is 10.6. The van der Waals surface area contributed by atoms with Crippen molar-refractivity contribution < 1.29 is 33.7 Å². The zero-order valence-corrected chi connectivity index (χ0v) is 25.2. The van der Waals surface area contributed by atoms with Crippen molar-refractivity contribution in [1.82, 2.24) is 0 Å². The van der Waals surface area contributed by atoms with Crippen molar-refractivity contribution in [2.24, 2.45) is 22.7 Å². The summed E-state index contributed by atoms with van der Waals surface area (Å²) in [4.78, 5) is 36.2. The lowest BCUT2D eigenvalue weighted by atomic mass is 9.52. The lowest BCUT2D eigenvalue weighted by molar-refractivity contribution is -0.225. The van der Waals surface area contributed by atoms with Gasteiger partial charge >= 0.3 is 17.9 Å². The summed E-state index contributed by atoms with van der Waals surface area (Å²) in [6.07, 6.45) is 12.9. The molecule has 4 bridgehead atoms. The molecule has 0 aromatic rings. The number of cyclic esters (lactones) is 1. The van der Waals surface area contributed by atoms with Gasteiger partial charge in [0.15, 0.2) is 0 Å². The molecule has 0 amide bonds. The molecule has 0 aromatic heterocycles. The second kappa shape index (κ2) is 11.0. The Labute approximate surface area is 235 Å². The van der Waals surface area contributed by atoms with Gasteiger partial charge in [-0.3, -0.25) is 14.4 Å². The van der Waals surface area contributed by atoms with E-state index in [9.17, 15) is 19.5 Å². The maximum Gasteiger partial charge on any atom is 0.312 e. The monoisotopic (exact) mass is 548 g/mol. The van der Waals surface area contributed by atoms with Crippen molar-refractivity contribution in [3.05, 3.63) is 0 Å². The average Bonchev–Trinajstić information content (AvgIpc) is 3.30. The highest BCUT2D eigenvalue weighted by Gasteiger charge is 2.59. The highest BCUT2D eigenvalue weighted by molar-refractivity contribution is 5.77. The number of carbonyl (C=O) groups is 3. The molecule has 39 heavy (non-hydrogen) atoms. The molecule has 6 aliphatic rings. The summed E-state index contributed by atoms with van der Waals surface area (Å²) in [5.74, 6) is 0.712. The van der Waals surface area contributed by atoms with E-state index in [0.717, 1.165) is 70.6 Å². The fourth-order valence-electron chi connectivity index (χ4n) is 7.73. The summed E-state index contributed by atoms with van der Waals surface area (Å²) < 4.78 is 17.4. The van der Waals surface area contributed by atoms with Crippen LogP contribution in [0.2, 0.25) is 0 Å². The van der Waals surface area contributed by atoms with E-state index in [1.54, 1.807) is 0 Å². The van der Waals surface area contributed by atoms with Gasteiger partial charge < -0.3 is 19.3 Å². The molecule has 3 unspecified atom stereocenters. The summed E-state index contributed by atoms with van der Waals surface area (Å²) in [7, 11) is 0. The molecule has 0 spiro atoms. The maximum absolute atomic E-state index is 12.4. The van der Waals surface area contributed by atoms with Crippen LogP contribution in [0.4, 0.5) is 0 Å². The van der Waals surface area contributed by atoms with Gasteiger partial charge in [-0.1, -0.05) is 20.3 Å². The van der Waals surface area contributed by atoms with E-state index < -0.39 is 22.0 Å². The smallest absolute Gasteiger partial charge is 0.312 e. The first-order chi connectivity index (χ1) is 18.2. The van der Waals surface area contributed by atoms with Gasteiger partial charge in [0.2, 0.25) is 0 Å². The Balaban J connectivity index is 0.000000181. The van der Waals surface area contributed by atoms with Crippen molar-refractivity contribution in [3.63, 3.8) is 0 Å². The first-order valence-electron chi connectivity index (χ1n) is 15.5. The predicted molar refractivity (Wildman–Crippen MR) is 148 cm³/mol. The van der Waals surface area contributed by atoms with E-state index >= 15 is 0 Å². The third kappa shape index (κ3) is 6.49. The van der Waals surface area contributed by atoms with Gasteiger partial charge in [0.05, 0.1) is 16.4 Å². The van der Waals surface area contributed by atoms with Crippen LogP contribution in [0.15, 0.2) is 0 Å². The minimum atomic E-state index is -0.575. The number of rotatable bonds is 7. The van der Waals surface area contributed by atoms with Crippen LogP contribution in [0.25, 0.3) is 0 Å². The fourth-order valence-corrected chi connectivity index (χ4v) is 7.73. The minimum absolute atomic E-state index is 0.0828. The first kappa shape index (κ1) is 30.3. The van der Waals surface area contributed by atoms with Crippen LogP contribution in [0, 0.1) is 22.7 Å². The molecule has 222 valence electrons. The van der Waals surface area contributed by atoms with Crippen LogP contribution in [-0.4, -0.2) is 45.9 Å². The van der Waals surface area contributed by atoms with Crippen LogP contribution in [0.5, 0.6) is 0 Å². The van der Waals surface area contributed by atoms with E-state index in [2.05, 4.69) is 0 Å². The topological polar surface area (TPSA) is 99.1 Å². The lowest BCUT2D eigenvalue weighted by Gasteiger charge is -2.59. The number of esters is 3.